The number of nitrogens with zero attached hydrogens (tertiary/aromatic N) is 2. The van der Waals surface area contributed by atoms with Crippen LogP contribution in [0, 0.1) is 0 Å². The fourth-order valence-electron chi connectivity index (χ4n) is 0.861. The lowest BCUT2D eigenvalue weighted by Gasteiger charge is -2.00. The second kappa shape index (κ2) is 3.67. The number of allylic oxidation sites excluding steroid dienone is 1. The maximum absolute atomic E-state index is 9.32. The van der Waals surface area contributed by atoms with Crippen molar-refractivity contribution in [1.82, 2.24) is 4.98 Å². The van der Waals surface area contributed by atoms with Crippen molar-refractivity contribution in [2.75, 3.05) is 7.05 Å². The lowest BCUT2D eigenvalue weighted by Crippen LogP contribution is -1.88. The van der Waals surface area contributed by atoms with Gasteiger partial charge in [-0.1, -0.05) is 6.58 Å². The number of aliphatic imine (C=N–C) groups is 1. The van der Waals surface area contributed by atoms with E-state index in [1.165, 1.54) is 0 Å². The molecule has 0 amide bonds. The van der Waals surface area contributed by atoms with Gasteiger partial charge < -0.3 is 5.11 Å². The van der Waals surface area contributed by atoms with E-state index in [-0.39, 0.29) is 5.75 Å². The molecule has 3 nitrogen and oxygen atoms in total. The predicted molar refractivity (Wildman–Crippen MR) is 49.4 cm³/mol. The molecule has 0 aliphatic carbocycles. The number of hydrogen-bond acceptors (Lipinski definition) is 3. The van der Waals surface area contributed by atoms with Crippen molar-refractivity contribution in [1.29, 1.82) is 0 Å². The van der Waals surface area contributed by atoms with E-state index >= 15 is 0 Å². The van der Waals surface area contributed by atoms with Crippen molar-refractivity contribution in [3.63, 3.8) is 0 Å². The van der Waals surface area contributed by atoms with E-state index in [2.05, 4.69) is 16.6 Å². The summed E-state index contributed by atoms with van der Waals surface area (Å²) in [7, 11) is 1.64. The van der Waals surface area contributed by atoms with Gasteiger partial charge in [0.15, 0.2) is 0 Å². The molecule has 1 aromatic rings. The Bertz CT molecular complexity index is 318. The SMILES string of the molecule is C=C(C=NC)c1ncccc1O. The highest BCUT2D eigenvalue weighted by Gasteiger charge is 2.02. The molecule has 12 heavy (non-hydrogen) atoms. The zero-order valence-corrected chi connectivity index (χ0v) is 6.86. The van der Waals surface area contributed by atoms with E-state index < -0.39 is 0 Å². The zero-order valence-electron chi connectivity index (χ0n) is 6.86. The average Bonchev–Trinajstić information content (AvgIpc) is 2.05. The molecule has 0 radical (unpaired) electrons. The molecule has 0 aliphatic heterocycles. The zero-order chi connectivity index (χ0) is 8.97. The molecule has 0 bridgehead atoms. The minimum Gasteiger partial charge on any atom is -0.506 e. The van der Waals surface area contributed by atoms with Crippen molar-refractivity contribution in [2.24, 2.45) is 4.99 Å². The minimum absolute atomic E-state index is 0.127. The number of aromatic hydroxyl groups is 1. The number of rotatable bonds is 2. The highest BCUT2D eigenvalue weighted by molar-refractivity contribution is 6.08. The summed E-state index contributed by atoms with van der Waals surface area (Å²) in [5.41, 5.74) is 1.08. The van der Waals surface area contributed by atoms with E-state index in [9.17, 15) is 5.11 Å². The summed E-state index contributed by atoms with van der Waals surface area (Å²) < 4.78 is 0. The van der Waals surface area contributed by atoms with Crippen LogP contribution in [0.5, 0.6) is 5.75 Å². The highest BCUT2D eigenvalue weighted by Crippen LogP contribution is 2.18. The van der Waals surface area contributed by atoms with Crippen LogP contribution in [0.3, 0.4) is 0 Å². The number of hydrogen-bond donors (Lipinski definition) is 1. The van der Waals surface area contributed by atoms with Gasteiger partial charge in [0.25, 0.3) is 0 Å². The number of pyridine rings is 1. The van der Waals surface area contributed by atoms with Crippen molar-refractivity contribution in [3.8, 4) is 5.75 Å². The first kappa shape index (κ1) is 8.46. The molecule has 1 aromatic heterocycles. The predicted octanol–water partition coefficient (Wildman–Crippen LogP) is 1.50. The molecule has 0 fully saturated rings. The summed E-state index contributed by atoms with van der Waals surface area (Å²) in [6.07, 6.45) is 3.16. The molecule has 0 unspecified atom stereocenters. The molecule has 62 valence electrons. The first-order valence-electron chi connectivity index (χ1n) is 3.51. The molecule has 0 saturated heterocycles. The van der Waals surface area contributed by atoms with Crippen LogP contribution in [-0.4, -0.2) is 23.4 Å². The van der Waals surface area contributed by atoms with Gasteiger partial charge in [-0.15, -0.1) is 0 Å². The van der Waals surface area contributed by atoms with Gasteiger partial charge in [0, 0.05) is 25.0 Å². The lowest BCUT2D eigenvalue weighted by molar-refractivity contribution is 0.471. The van der Waals surface area contributed by atoms with Gasteiger partial charge in [-0.3, -0.25) is 9.98 Å². The van der Waals surface area contributed by atoms with Crippen LogP contribution in [0.4, 0.5) is 0 Å². The monoisotopic (exact) mass is 162 g/mol. The van der Waals surface area contributed by atoms with Gasteiger partial charge in [0.1, 0.15) is 11.4 Å². The molecule has 0 atom stereocenters. The standard InChI is InChI=1S/C9H10N2O/c1-7(6-10-2)9-8(12)4-3-5-11-9/h3-6,12H,1H2,2H3. The quantitative estimate of drug-likeness (QED) is 0.670. The minimum atomic E-state index is 0.127. The summed E-state index contributed by atoms with van der Waals surface area (Å²) in [5, 5.41) is 9.32. The van der Waals surface area contributed by atoms with Crippen molar-refractivity contribution < 1.29 is 5.11 Å². The summed E-state index contributed by atoms with van der Waals surface area (Å²) in [4.78, 5) is 7.73. The summed E-state index contributed by atoms with van der Waals surface area (Å²) in [6, 6.07) is 3.23. The Labute approximate surface area is 71.1 Å². The smallest absolute Gasteiger partial charge is 0.141 e. The second-order valence-corrected chi connectivity index (χ2v) is 2.28. The maximum atomic E-state index is 9.32. The Kier molecular flexibility index (Phi) is 2.58. The normalized spacial score (nSPS) is 10.4. The van der Waals surface area contributed by atoms with Crippen molar-refractivity contribution in [3.05, 3.63) is 30.6 Å². The summed E-state index contributed by atoms with van der Waals surface area (Å²) in [6.45, 7) is 3.70. The summed E-state index contributed by atoms with van der Waals surface area (Å²) in [5.74, 6) is 0.127. The van der Waals surface area contributed by atoms with Gasteiger partial charge in [-0.2, -0.15) is 0 Å². The Morgan fingerprint density at radius 3 is 3.08 bits per heavy atom. The van der Waals surface area contributed by atoms with E-state index in [0.29, 0.717) is 11.3 Å². The van der Waals surface area contributed by atoms with Crippen LogP contribution in [0.2, 0.25) is 0 Å². The molecule has 3 heteroatoms. The third-order valence-electron chi connectivity index (χ3n) is 1.38. The van der Waals surface area contributed by atoms with E-state index in [1.807, 2.05) is 0 Å². The third-order valence-corrected chi connectivity index (χ3v) is 1.38. The van der Waals surface area contributed by atoms with Crippen molar-refractivity contribution >= 4 is 11.8 Å². The Balaban J connectivity index is 3.03. The fourth-order valence-corrected chi connectivity index (χ4v) is 0.861. The van der Waals surface area contributed by atoms with E-state index in [4.69, 9.17) is 0 Å². The van der Waals surface area contributed by atoms with Crippen LogP contribution >= 0.6 is 0 Å². The fraction of sp³-hybridized carbons (Fsp3) is 0.111. The molecular formula is C9H10N2O. The van der Waals surface area contributed by atoms with Crippen LogP contribution < -0.4 is 0 Å². The molecule has 0 spiro atoms. The molecule has 1 rings (SSSR count). The first-order valence-corrected chi connectivity index (χ1v) is 3.51. The third kappa shape index (κ3) is 1.69. The Hall–Kier alpha value is -1.64. The van der Waals surface area contributed by atoms with Gasteiger partial charge in [0.2, 0.25) is 0 Å². The second-order valence-electron chi connectivity index (χ2n) is 2.28. The molecular weight excluding hydrogens is 152 g/mol. The van der Waals surface area contributed by atoms with Gasteiger partial charge in [-0.25, -0.2) is 0 Å². The van der Waals surface area contributed by atoms with Crippen LogP contribution in [-0.2, 0) is 0 Å². The maximum Gasteiger partial charge on any atom is 0.141 e. The van der Waals surface area contributed by atoms with Crippen LogP contribution in [0.25, 0.3) is 5.57 Å². The Morgan fingerprint density at radius 1 is 1.75 bits per heavy atom. The van der Waals surface area contributed by atoms with E-state index in [1.54, 1.807) is 31.6 Å². The largest absolute Gasteiger partial charge is 0.506 e. The topological polar surface area (TPSA) is 45.5 Å². The first-order chi connectivity index (χ1) is 5.75. The molecule has 0 aromatic carbocycles. The molecule has 0 aliphatic rings. The van der Waals surface area contributed by atoms with Crippen molar-refractivity contribution in [2.45, 2.75) is 0 Å². The van der Waals surface area contributed by atoms with Gasteiger partial charge in [-0.05, 0) is 12.1 Å². The van der Waals surface area contributed by atoms with Gasteiger partial charge in [0.05, 0.1) is 0 Å². The molecule has 1 heterocycles. The van der Waals surface area contributed by atoms with Crippen LogP contribution in [0.15, 0.2) is 29.9 Å². The molecule has 0 saturated carbocycles. The Morgan fingerprint density at radius 2 is 2.50 bits per heavy atom. The number of aromatic nitrogens is 1. The van der Waals surface area contributed by atoms with Crippen LogP contribution in [0.1, 0.15) is 5.69 Å². The average molecular weight is 162 g/mol. The molecule has 1 N–H and O–H groups in total. The highest BCUT2D eigenvalue weighted by atomic mass is 16.3. The van der Waals surface area contributed by atoms with E-state index in [0.717, 1.165) is 0 Å². The summed E-state index contributed by atoms with van der Waals surface area (Å²) >= 11 is 0. The van der Waals surface area contributed by atoms with Gasteiger partial charge >= 0.3 is 0 Å². The lowest BCUT2D eigenvalue weighted by atomic mass is 10.2.